The molecule has 0 aliphatic rings. The Bertz CT molecular complexity index is 667. The van der Waals surface area contributed by atoms with Crippen LogP contribution in [0.4, 0.5) is 0 Å². The molecule has 2 aromatic rings. The molecule has 1 atom stereocenters. The largest absolute Gasteiger partial charge is 0.497 e. The summed E-state index contributed by atoms with van der Waals surface area (Å²) in [6.45, 7) is 4.48. The second kappa shape index (κ2) is 8.39. The Morgan fingerprint density at radius 2 is 1.79 bits per heavy atom. The third kappa shape index (κ3) is 4.51. The number of rotatable bonds is 7. The molecule has 4 nitrogen and oxygen atoms in total. The van der Waals surface area contributed by atoms with Crippen molar-refractivity contribution in [1.29, 1.82) is 0 Å². The van der Waals surface area contributed by atoms with Crippen LogP contribution in [0.15, 0.2) is 48.5 Å². The quantitative estimate of drug-likeness (QED) is 0.776. The summed E-state index contributed by atoms with van der Waals surface area (Å²) in [6.07, 6.45) is 0.148. The van der Waals surface area contributed by atoms with Gasteiger partial charge in [0.05, 0.1) is 7.11 Å². The Hall–Kier alpha value is -2.49. The first-order valence-electron chi connectivity index (χ1n) is 8.15. The summed E-state index contributed by atoms with van der Waals surface area (Å²) in [4.78, 5) is 14.4. The molecule has 24 heavy (non-hydrogen) atoms. The molecule has 0 fully saturated rings. The molecule has 0 radical (unpaired) electrons. The van der Waals surface area contributed by atoms with Crippen LogP contribution in [0.2, 0.25) is 0 Å². The fraction of sp³-hybridized carbons (Fsp3) is 0.350. The van der Waals surface area contributed by atoms with Gasteiger partial charge in [-0.1, -0.05) is 37.3 Å². The summed E-state index contributed by atoms with van der Waals surface area (Å²) < 4.78 is 11.1. The second-order valence-electron chi connectivity index (χ2n) is 5.82. The van der Waals surface area contributed by atoms with Crippen LogP contribution in [0.5, 0.6) is 11.5 Å². The number of methoxy groups -OCH3 is 1. The maximum absolute atomic E-state index is 12.7. The van der Waals surface area contributed by atoms with Crippen LogP contribution in [-0.4, -0.2) is 31.1 Å². The molecule has 128 valence electrons. The smallest absolute Gasteiger partial charge is 0.263 e. The molecule has 0 aliphatic heterocycles. The first-order chi connectivity index (χ1) is 11.5. The lowest BCUT2D eigenvalue weighted by Gasteiger charge is -2.24. The molecule has 0 aliphatic carbocycles. The predicted octanol–water partition coefficient (Wildman–Crippen LogP) is 3.82. The van der Waals surface area contributed by atoms with E-state index in [-0.39, 0.29) is 5.91 Å². The van der Waals surface area contributed by atoms with E-state index in [9.17, 15) is 4.79 Å². The van der Waals surface area contributed by atoms with Gasteiger partial charge in [0.15, 0.2) is 6.10 Å². The number of para-hydroxylation sites is 1. The Morgan fingerprint density at radius 3 is 2.38 bits per heavy atom. The highest BCUT2D eigenvalue weighted by Gasteiger charge is 2.22. The van der Waals surface area contributed by atoms with Crippen LogP contribution in [0.25, 0.3) is 0 Å². The van der Waals surface area contributed by atoms with Crippen LogP contribution in [0, 0.1) is 6.92 Å². The summed E-state index contributed by atoms with van der Waals surface area (Å²) in [5.74, 6) is 1.55. The Balaban J connectivity index is 2.02. The van der Waals surface area contributed by atoms with Crippen molar-refractivity contribution in [2.45, 2.75) is 32.9 Å². The van der Waals surface area contributed by atoms with E-state index in [2.05, 4.69) is 0 Å². The standard InChI is InChI=1S/C20H25NO3/c1-5-18(24-19-9-7-6-8-15(19)2)20(22)21(3)14-16-10-12-17(23-4)13-11-16/h6-13,18H,5,14H2,1-4H3/t18-/m1/s1. The zero-order chi connectivity index (χ0) is 17.5. The number of nitrogens with zero attached hydrogens (tertiary/aromatic N) is 1. The van der Waals surface area contributed by atoms with Crippen molar-refractivity contribution in [2.75, 3.05) is 14.2 Å². The maximum atomic E-state index is 12.7. The van der Waals surface area contributed by atoms with Gasteiger partial charge in [-0.25, -0.2) is 0 Å². The van der Waals surface area contributed by atoms with Gasteiger partial charge < -0.3 is 14.4 Å². The summed E-state index contributed by atoms with van der Waals surface area (Å²) in [6, 6.07) is 15.5. The third-order valence-corrected chi connectivity index (χ3v) is 3.96. The molecule has 0 spiro atoms. The van der Waals surface area contributed by atoms with E-state index in [0.717, 1.165) is 22.6 Å². The number of benzene rings is 2. The SMILES string of the molecule is CC[C@@H](Oc1ccccc1C)C(=O)N(C)Cc1ccc(OC)cc1. The van der Waals surface area contributed by atoms with Crippen molar-refractivity contribution < 1.29 is 14.3 Å². The number of likely N-dealkylation sites (N-methyl/N-ethyl adjacent to an activating group) is 1. The topological polar surface area (TPSA) is 38.8 Å². The van der Waals surface area contributed by atoms with E-state index in [0.29, 0.717) is 13.0 Å². The van der Waals surface area contributed by atoms with Gasteiger partial charge in [0, 0.05) is 13.6 Å². The summed E-state index contributed by atoms with van der Waals surface area (Å²) in [5, 5.41) is 0. The fourth-order valence-electron chi connectivity index (χ4n) is 2.48. The Kier molecular flexibility index (Phi) is 6.24. The van der Waals surface area contributed by atoms with Gasteiger partial charge in [-0.05, 0) is 42.7 Å². The molecule has 0 saturated heterocycles. The normalized spacial score (nSPS) is 11.7. The number of carbonyl (C=O) groups is 1. The average molecular weight is 327 g/mol. The number of aryl methyl sites for hydroxylation is 1. The molecule has 2 rings (SSSR count). The zero-order valence-corrected chi connectivity index (χ0v) is 14.8. The first kappa shape index (κ1) is 17.9. The highest BCUT2D eigenvalue weighted by atomic mass is 16.5. The van der Waals surface area contributed by atoms with Crippen molar-refractivity contribution in [3.05, 3.63) is 59.7 Å². The van der Waals surface area contributed by atoms with Crippen molar-refractivity contribution in [2.24, 2.45) is 0 Å². The predicted molar refractivity (Wildman–Crippen MR) is 95.4 cm³/mol. The zero-order valence-electron chi connectivity index (χ0n) is 14.8. The lowest BCUT2D eigenvalue weighted by Crippen LogP contribution is -2.39. The molecule has 0 aromatic heterocycles. The van der Waals surface area contributed by atoms with Gasteiger partial charge in [0.2, 0.25) is 0 Å². The second-order valence-corrected chi connectivity index (χ2v) is 5.82. The highest BCUT2D eigenvalue weighted by Crippen LogP contribution is 2.20. The third-order valence-electron chi connectivity index (χ3n) is 3.96. The highest BCUT2D eigenvalue weighted by molar-refractivity contribution is 5.81. The van der Waals surface area contributed by atoms with Crippen LogP contribution in [0.3, 0.4) is 0 Å². The maximum Gasteiger partial charge on any atom is 0.263 e. The molecule has 2 aromatic carbocycles. The van der Waals surface area contributed by atoms with Crippen molar-refractivity contribution >= 4 is 5.91 Å². The monoisotopic (exact) mass is 327 g/mol. The molecule has 1 amide bonds. The Morgan fingerprint density at radius 1 is 1.12 bits per heavy atom. The molecule has 0 N–H and O–H groups in total. The summed E-state index contributed by atoms with van der Waals surface area (Å²) in [5.41, 5.74) is 2.08. The van der Waals surface area contributed by atoms with Crippen LogP contribution < -0.4 is 9.47 Å². The van der Waals surface area contributed by atoms with Crippen molar-refractivity contribution in [3.63, 3.8) is 0 Å². The molecule has 0 saturated carbocycles. The van der Waals surface area contributed by atoms with E-state index in [1.165, 1.54) is 0 Å². The molecule has 4 heteroatoms. The first-order valence-corrected chi connectivity index (χ1v) is 8.15. The lowest BCUT2D eigenvalue weighted by molar-refractivity contribution is -0.138. The molecule has 0 bridgehead atoms. The summed E-state index contributed by atoms with van der Waals surface area (Å²) in [7, 11) is 3.44. The fourth-order valence-corrected chi connectivity index (χ4v) is 2.48. The van der Waals surface area contributed by atoms with Gasteiger partial charge in [-0.15, -0.1) is 0 Å². The van der Waals surface area contributed by atoms with Crippen molar-refractivity contribution in [1.82, 2.24) is 4.90 Å². The van der Waals surface area contributed by atoms with Crippen LogP contribution >= 0.6 is 0 Å². The van der Waals surface area contributed by atoms with Crippen LogP contribution in [0.1, 0.15) is 24.5 Å². The number of hydrogen-bond donors (Lipinski definition) is 0. The van der Waals surface area contributed by atoms with E-state index < -0.39 is 6.10 Å². The van der Waals surface area contributed by atoms with E-state index >= 15 is 0 Å². The number of amides is 1. The molecular weight excluding hydrogens is 302 g/mol. The van der Waals surface area contributed by atoms with E-state index in [4.69, 9.17) is 9.47 Å². The van der Waals surface area contributed by atoms with Gasteiger partial charge >= 0.3 is 0 Å². The molecule has 0 unspecified atom stereocenters. The molecule has 0 heterocycles. The minimum Gasteiger partial charge on any atom is -0.497 e. The van der Waals surface area contributed by atoms with Crippen molar-refractivity contribution in [3.8, 4) is 11.5 Å². The average Bonchev–Trinajstić information content (AvgIpc) is 2.61. The summed E-state index contributed by atoms with van der Waals surface area (Å²) >= 11 is 0. The van der Waals surface area contributed by atoms with Gasteiger partial charge in [-0.2, -0.15) is 0 Å². The Labute approximate surface area is 144 Å². The van der Waals surface area contributed by atoms with E-state index in [1.807, 2.05) is 62.4 Å². The minimum atomic E-state index is -0.477. The van der Waals surface area contributed by atoms with Gasteiger partial charge in [0.25, 0.3) is 5.91 Å². The lowest BCUT2D eigenvalue weighted by atomic mass is 10.1. The number of carbonyl (C=O) groups excluding carboxylic acids is 1. The number of hydrogen-bond acceptors (Lipinski definition) is 3. The minimum absolute atomic E-state index is 0.0171. The molecular formula is C20H25NO3. The number of ether oxygens (including phenoxy) is 2. The van der Waals surface area contributed by atoms with Gasteiger partial charge in [0.1, 0.15) is 11.5 Å². The van der Waals surface area contributed by atoms with Gasteiger partial charge in [-0.3, -0.25) is 4.79 Å². The van der Waals surface area contributed by atoms with E-state index in [1.54, 1.807) is 19.1 Å². The van der Waals surface area contributed by atoms with Crippen LogP contribution in [-0.2, 0) is 11.3 Å².